The van der Waals surface area contributed by atoms with E-state index in [-0.39, 0.29) is 16.8 Å². The molecule has 0 radical (unpaired) electrons. The van der Waals surface area contributed by atoms with Crippen LogP contribution >= 0.6 is 11.8 Å². The third kappa shape index (κ3) is 2.26. The first-order valence-electron chi connectivity index (χ1n) is 8.42. The van der Waals surface area contributed by atoms with Crippen molar-refractivity contribution in [2.75, 3.05) is 5.32 Å². The number of carbonyl (C=O) groups is 1. The number of phenols is 1. The number of phenolic OH excluding ortho intramolecular Hbond substituents is 1. The molecule has 26 heavy (non-hydrogen) atoms. The predicted molar refractivity (Wildman–Crippen MR) is 104 cm³/mol. The Morgan fingerprint density at radius 1 is 0.846 bits per heavy atom. The molecule has 1 heterocycles. The molecule has 2 N–H and O–H groups in total. The van der Waals surface area contributed by atoms with E-state index in [1.807, 2.05) is 54.6 Å². The molecule has 0 fully saturated rings. The first-order chi connectivity index (χ1) is 12.7. The van der Waals surface area contributed by atoms with E-state index in [0.717, 1.165) is 38.5 Å². The van der Waals surface area contributed by atoms with Gasteiger partial charge in [-0.3, -0.25) is 4.79 Å². The van der Waals surface area contributed by atoms with E-state index in [0.29, 0.717) is 0 Å². The largest absolute Gasteiger partial charge is 0.508 e. The van der Waals surface area contributed by atoms with Crippen LogP contribution in [0, 0.1) is 0 Å². The molecule has 0 bridgehead atoms. The van der Waals surface area contributed by atoms with E-state index in [4.69, 9.17) is 0 Å². The van der Waals surface area contributed by atoms with Gasteiger partial charge in [0.25, 0.3) is 0 Å². The molecule has 0 spiro atoms. The number of nitrogens with one attached hydrogen (secondary N) is 1. The van der Waals surface area contributed by atoms with Crippen LogP contribution in [-0.2, 0) is 0 Å². The van der Waals surface area contributed by atoms with Gasteiger partial charge in [-0.05, 0) is 29.8 Å². The summed E-state index contributed by atoms with van der Waals surface area (Å²) in [7, 11) is 0. The highest BCUT2D eigenvalue weighted by Crippen LogP contribution is 2.52. The van der Waals surface area contributed by atoms with Crippen LogP contribution in [0.2, 0.25) is 0 Å². The molecular weight excluding hydrogens is 342 g/mol. The van der Waals surface area contributed by atoms with Gasteiger partial charge in [-0.1, -0.05) is 48.5 Å². The Bertz CT molecular complexity index is 1070. The summed E-state index contributed by atoms with van der Waals surface area (Å²) in [5.41, 5.74) is 5.37. The fraction of sp³-hybridized carbons (Fsp3) is 0.0455. The van der Waals surface area contributed by atoms with Gasteiger partial charge in [0.05, 0.1) is 16.6 Å². The summed E-state index contributed by atoms with van der Waals surface area (Å²) in [6.07, 6.45) is 0. The fourth-order valence-electron chi connectivity index (χ4n) is 3.56. The van der Waals surface area contributed by atoms with Crippen LogP contribution in [0.1, 0.15) is 26.7 Å². The molecule has 5 rings (SSSR count). The number of thioether (sulfide) groups is 1. The van der Waals surface area contributed by atoms with Gasteiger partial charge in [0, 0.05) is 21.6 Å². The molecule has 4 heteroatoms. The summed E-state index contributed by atoms with van der Waals surface area (Å²) in [6, 6.07) is 23.0. The lowest BCUT2D eigenvalue weighted by Gasteiger charge is -2.17. The number of carbonyl (C=O) groups excluding carboxylic acids is 1. The molecule has 1 aliphatic carbocycles. The lowest BCUT2D eigenvalue weighted by atomic mass is 10.0. The van der Waals surface area contributed by atoms with E-state index in [1.54, 1.807) is 23.9 Å². The van der Waals surface area contributed by atoms with Crippen LogP contribution in [-0.4, -0.2) is 10.9 Å². The maximum atomic E-state index is 13.2. The van der Waals surface area contributed by atoms with Gasteiger partial charge in [-0.15, -0.1) is 11.8 Å². The number of anilines is 1. The fourth-order valence-corrected chi connectivity index (χ4v) is 4.86. The number of fused-ring (bicyclic) bond motifs is 3. The van der Waals surface area contributed by atoms with Crippen LogP contribution in [0.4, 0.5) is 5.69 Å². The number of aromatic hydroxyl groups is 1. The van der Waals surface area contributed by atoms with Crippen molar-refractivity contribution in [1.29, 1.82) is 0 Å². The average molecular weight is 357 g/mol. The monoisotopic (exact) mass is 357 g/mol. The van der Waals surface area contributed by atoms with Crippen molar-refractivity contribution >= 4 is 28.9 Å². The van der Waals surface area contributed by atoms with Crippen molar-refractivity contribution in [2.45, 2.75) is 10.1 Å². The highest BCUT2D eigenvalue weighted by Gasteiger charge is 2.37. The van der Waals surface area contributed by atoms with Gasteiger partial charge >= 0.3 is 0 Å². The lowest BCUT2D eigenvalue weighted by Crippen LogP contribution is -2.07. The maximum absolute atomic E-state index is 13.2. The second-order valence-corrected chi connectivity index (χ2v) is 7.52. The zero-order chi connectivity index (χ0) is 17.7. The topological polar surface area (TPSA) is 49.3 Å². The van der Waals surface area contributed by atoms with E-state index >= 15 is 0 Å². The van der Waals surface area contributed by atoms with Gasteiger partial charge in [-0.2, -0.15) is 0 Å². The average Bonchev–Trinajstić information content (AvgIpc) is 2.84. The SMILES string of the molecule is O=C1C2=C(Nc3ccccc3SC2c2ccc(O)cc2)c2ccccc21. The minimum Gasteiger partial charge on any atom is -0.508 e. The molecule has 1 unspecified atom stereocenters. The Hall–Kier alpha value is -2.98. The maximum Gasteiger partial charge on any atom is 0.193 e. The minimum atomic E-state index is -0.137. The quantitative estimate of drug-likeness (QED) is 0.624. The molecule has 3 aromatic rings. The standard InChI is InChI=1S/C22H15NO2S/c24-14-11-9-13(10-12-14)22-19-20(15-5-1-2-6-16(15)21(19)25)23-17-7-3-4-8-18(17)26-22/h1-12,22-24H. The number of benzene rings is 3. The van der Waals surface area contributed by atoms with Crippen LogP contribution in [0.3, 0.4) is 0 Å². The van der Waals surface area contributed by atoms with E-state index in [9.17, 15) is 9.90 Å². The number of rotatable bonds is 1. The number of hydrogen-bond acceptors (Lipinski definition) is 4. The van der Waals surface area contributed by atoms with Gasteiger partial charge in [0.15, 0.2) is 5.78 Å². The molecular formula is C22H15NO2S. The van der Waals surface area contributed by atoms with Crippen LogP contribution in [0.25, 0.3) is 5.70 Å². The molecule has 0 amide bonds. The van der Waals surface area contributed by atoms with Gasteiger partial charge < -0.3 is 10.4 Å². The molecule has 126 valence electrons. The minimum absolute atomic E-state index is 0.0708. The van der Waals surface area contributed by atoms with Crippen LogP contribution in [0.5, 0.6) is 5.75 Å². The van der Waals surface area contributed by atoms with Gasteiger partial charge in [0.1, 0.15) is 5.75 Å². The van der Waals surface area contributed by atoms with Gasteiger partial charge in [0.2, 0.25) is 0 Å². The lowest BCUT2D eigenvalue weighted by molar-refractivity contribution is 0.103. The number of hydrogen-bond donors (Lipinski definition) is 2. The zero-order valence-corrected chi connectivity index (χ0v) is 14.6. The van der Waals surface area contributed by atoms with Crippen LogP contribution < -0.4 is 5.32 Å². The second kappa shape index (κ2) is 5.78. The Labute approximate surface area is 155 Å². The zero-order valence-electron chi connectivity index (χ0n) is 13.8. The predicted octanol–water partition coefficient (Wildman–Crippen LogP) is 5.26. The summed E-state index contributed by atoms with van der Waals surface area (Å²) in [5.74, 6) is 0.294. The Morgan fingerprint density at radius 3 is 2.35 bits per heavy atom. The summed E-state index contributed by atoms with van der Waals surface area (Å²) in [5, 5.41) is 13.0. The molecule has 2 aliphatic rings. The third-order valence-corrected chi connectivity index (χ3v) is 6.16. The van der Waals surface area contributed by atoms with Crippen molar-refractivity contribution in [3.63, 3.8) is 0 Å². The first-order valence-corrected chi connectivity index (χ1v) is 9.30. The van der Waals surface area contributed by atoms with E-state index in [2.05, 4.69) is 11.4 Å². The van der Waals surface area contributed by atoms with Crippen molar-refractivity contribution in [3.8, 4) is 5.75 Å². The van der Waals surface area contributed by atoms with Crippen molar-refractivity contribution < 1.29 is 9.90 Å². The van der Waals surface area contributed by atoms with Crippen LogP contribution in [0.15, 0.2) is 83.3 Å². The van der Waals surface area contributed by atoms with Gasteiger partial charge in [-0.25, -0.2) is 0 Å². The summed E-state index contributed by atoms with van der Waals surface area (Å²) >= 11 is 1.66. The Balaban J connectivity index is 1.74. The smallest absolute Gasteiger partial charge is 0.193 e. The first kappa shape index (κ1) is 15.3. The number of para-hydroxylation sites is 1. The highest BCUT2D eigenvalue weighted by molar-refractivity contribution is 8.00. The molecule has 3 nitrogen and oxygen atoms in total. The molecule has 0 saturated heterocycles. The normalized spacial score (nSPS) is 17.8. The number of Topliss-reactive ketones (excluding diaryl/α,β-unsaturated/α-hetero) is 1. The van der Waals surface area contributed by atoms with Crippen molar-refractivity contribution in [2.24, 2.45) is 0 Å². The summed E-state index contributed by atoms with van der Waals surface area (Å²) in [4.78, 5) is 14.3. The summed E-state index contributed by atoms with van der Waals surface area (Å²) < 4.78 is 0. The molecule has 1 aliphatic heterocycles. The van der Waals surface area contributed by atoms with E-state index < -0.39 is 0 Å². The third-order valence-electron chi connectivity index (χ3n) is 4.80. The molecule has 0 saturated carbocycles. The summed E-state index contributed by atoms with van der Waals surface area (Å²) in [6.45, 7) is 0. The number of ketones is 1. The highest BCUT2D eigenvalue weighted by atomic mass is 32.2. The second-order valence-electron chi connectivity index (χ2n) is 6.37. The van der Waals surface area contributed by atoms with Crippen molar-refractivity contribution in [1.82, 2.24) is 0 Å². The molecule has 0 aromatic heterocycles. The Kier molecular flexibility index (Phi) is 3.40. The molecule has 1 atom stereocenters. The van der Waals surface area contributed by atoms with E-state index in [1.165, 1.54) is 0 Å². The Morgan fingerprint density at radius 2 is 1.54 bits per heavy atom. The van der Waals surface area contributed by atoms with Crippen molar-refractivity contribution in [3.05, 3.63) is 95.1 Å². The molecule has 3 aromatic carbocycles.